The van der Waals surface area contributed by atoms with E-state index in [-0.39, 0.29) is 6.61 Å². The van der Waals surface area contributed by atoms with Crippen molar-refractivity contribution in [1.29, 1.82) is 5.26 Å². The Hall–Kier alpha value is -1.18. The lowest BCUT2D eigenvalue weighted by atomic mass is 10.1. The molecule has 1 aromatic rings. The number of hydrogen-bond donors (Lipinski definition) is 1. The van der Waals surface area contributed by atoms with E-state index in [1.807, 2.05) is 30.0 Å². The summed E-state index contributed by atoms with van der Waals surface area (Å²) in [6, 6.07) is 11.0. The Kier molecular flexibility index (Phi) is 5.75. The van der Waals surface area contributed by atoms with Gasteiger partial charge >= 0.3 is 0 Å². The molecule has 1 aromatic carbocycles. The van der Waals surface area contributed by atoms with Gasteiger partial charge in [0.2, 0.25) is 0 Å². The van der Waals surface area contributed by atoms with Crippen LogP contribution in [0.2, 0.25) is 0 Å². The maximum absolute atomic E-state index is 8.48. The Labute approximate surface area is 125 Å². The lowest BCUT2D eigenvalue weighted by Crippen LogP contribution is -2.29. The molecule has 0 amide bonds. The molecule has 2 rings (SSSR count). The monoisotopic (exact) mass is 290 g/mol. The highest BCUT2D eigenvalue weighted by molar-refractivity contribution is 7.99. The Balaban J connectivity index is 1.86. The number of ether oxygens (including phenoxy) is 1. The molecule has 0 spiro atoms. The lowest BCUT2D eigenvalue weighted by molar-refractivity contribution is 0.367. The summed E-state index contributed by atoms with van der Waals surface area (Å²) in [5.41, 5.74) is 1.27. The highest BCUT2D eigenvalue weighted by atomic mass is 32.2. The summed E-state index contributed by atoms with van der Waals surface area (Å²) in [5.74, 6) is 0.755. The van der Waals surface area contributed by atoms with Crippen molar-refractivity contribution in [2.75, 3.05) is 12.9 Å². The van der Waals surface area contributed by atoms with Crippen LogP contribution in [-0.2, 0) is 0 Å². The van der Waals surface area contributed by atoms with Crippen molar-refractivity contribution in [1.82, 2.24) is 5.32 Å². The molecule has 1 aliphatic carbocycles. The molecule has 1 saturated carbocycles. The van der Waals surface area contributed by atoms with Crippen LogP contribution in [-0.4, -0.2) is 24.2 Å². The number of hydrogen-bond acceptors (Lipinski definition) is 4. The van der Waals surface area contributed by atoms with E-state index in [0.717, 1.165) is 11.0 Å². The molecule has 3 unspecified atom stereocenters. The van der Waals surface area contributed by atoms with Crippen molar-refractivity contribution >= 4 is 11.8 Å². The Morgan fingerprint density at radius 1 is 1.40 bits per heavy atom. The molecule has 0 saturated heterocycles. The van der Waals surface area contributed by atoms with E-state index in [0.29, 0.717) is 12.1 Å². The van der Waals surface area contributed by atoms with Gasteiger partial charge in [-0.3, -0.25) is 0 Å². The SMILES string of the molecule is CSC1CCC(NC(C)c2ccc(OCC#N)cc2)C1. The highest BCUT2D eigenvalue weighted by Crippen LogP contribution is 2.30. The van der Waals surface area contributed by atoms with Gasteiger partial charge in [0.25, 0.3) is 0 Å². The average molecular weight is 290 g/mol. The fourth-order valence-corrected chi connectivity index (χ4v) is 3.52. The number of nitrogens with zero attached hydrogens (tertiary/aromatic N) is 1. The van der Waals surface area contributed by atoms with Crippen molar-refractivity contribution in [2.45, 2.75) is 43.5 Å². The van der Waals surface area contributed by atoms with Gasteiger partial charge in [0, 0.05) is 17.3 Å². The zero-order valence-electron chi connectivity index (χ0n) is 12.1. The van der Waals surface area contributed by atoms with E-state index >= 15 is 0 Å². The Morgan fingerprint density at radius 2 is 2.15 bits per heavy atom. The zero-order chi connectivity index (χ0) is 14.4. The van der Waals surface area contributed by atoms with E-state index < -0.39 is 0 Å². The normalized spacial score (nSPS) is 23.2. The Bertz CT molecular complexity index is 455. The summed E-state index contributed by atoms with van der Waals surface area (Å²) in [6.45, 7) is 2.31. The minimum absolute atomic E-state index is 0.102. The van der Waals surface area contributed by atoms with Crippen LogP contribution < -0.4 is 10.1 Å². The van der Waals surface area contributed by atoms with Gasteiger partial charge in [-0.1, -0.05) is 12.1 Å². The predicted octanol–water partition coefficient (Wildman–Crippen LogP) is 3.52. The topological polar surface area (TPSA) is 45.0 Å². The summed E-state index contributed by atoms with van der Waals surface area (Å²) in [5, 5.41) is 13.0. The molecule has 0 heterocycles. The molecule has 108 valence electrons. The second-order valence-corrected chi connectivity index (χ2v) is 6.41. The van der Waals surface area contributed by atoms with E-state index in [1.165, 1.54) is 24.8 Å². The van der Waals surface area contributed by atoms with Crippen LogP contribution in [0.3, 0.4) is 0 Å². The summed E-state index contributed by atoms with van der Waals surface area (Å²) >= 11 is 1.99. The highest BCUT2D eigenvalue weighted by Gasteiger charge is 2.24. The quantitative estimate of drug-likeness (QED) is 0.870. The van der Waals surface area contributed by atoms with Crippen LogP contribution in [0.25, 0.3) is 0 Å². The average Bonchev–Trinajstić information content (AvgIpc) is 2.93. The van der Waals surface area contributed by atoms with Crippen LogP contribution in [0, 0.1) is 11.3 Å². The first-order valence-electron chi connectivity index (χ1n) is 7.11. The number of benzene rings is 1. The second-order valence-electron chi connectivity index (χ2n) is 5.27. The van der Waals surface area contributed by atoms with Gasteiger partial charge in [-0.2, -0.15) is 17.0 Å². The molecule has 20 heavy (non-hydrogen) atoms. The fraction of sp³-hybridized carbons (Fsp3) is 0.562. The maximum Gasteiger partial charge on any atom is 0.174 e. The van der Waals surface area contributed by atoms with Gasteiger partial charge in [-0.05, 0) is 50.1 Å². The molecule has 0 aliphatic heterocycles. The van der Waals surface area contributed by atoms with Crippen LogP contribution in [0.1, 0.15) is 37.8 Å². The molecule has 3 atom stereocenters. The summed E-state index contributed by atoms with van der Waals surface area (Å²) in [6.07, 6.45) is 6.08. The number of nitrogens with one attached hydrogen (secondary N) is 1. The molecule has 4 heteroatoms. The van der Waals surface area contributed by atoms with Gasteiger partial charge in [0.05, 0.1) is 0 Å². The Morgan fingerprint density at radius 3 is 2.75 bits per heavy atom. The molecular weight excluding hydrogens is 268 g/mol. The van der Waals surface area contributed by atoms with Gasteiger partial charge < -0.3 is 10.1 Å². The third-order valence-corrected chi connectivity index (χ3v) is 4.98. The van der Waals surface area contributed by atoms with Gasteiger partial charge in [0.15, 0.2) is 6.61 Å². The lowest BCUT2D eigenvalue weighted by Gasteiger charge is -2.20. The van der Waals surface area contributed by atoms with Crippen LogP contribution in [0.4, 0.5) is 0 Å². The van der Waals surface area contributed by atoms with E-state index in [1.54, 1.807) is 0 Å². The van der Waals surface area contributed by atoms with E-state index in [2.05, 4.69) is 30.6 Å². The maximum atomic E-state index is 8.48. The molecule has 0 aromatic heterocycles. The van der Waals surface area contributed by atoms with Gasteiger partial charge in [0.1, 0.15) is 11.8 Å². The first-order chi connectivity index (χ1) is 9.72. The van der Waals surface area contributed by atoms with Crippen molar-refractivity contribution in [3.63, 3.8) is 0 Å². The fourth-order valence-electron chi connectivity index (χ4n) is 2.72. The minimum atomic E-state index is 0.102. The smallest absolute Gasteiger partial charge is 0.174 e. The zero-order valence-corrected chi connectivity index (χ0v) is 13.0. The molecule has 1 fully saturated rings. The minimum Gasteiger partial charge on any atom is -0.479 e. The van der Waals surface area contributed by atoms with Crippen LogP contribution >= 0.6 is 11.8 Å². The number of nitriles is 1. The van der Waals surface area contributed by atoms with Gasteiger partial charge in [-0.25, -0.2) is 0 Å². The van der Waals surface area contributed by atoms with Crippen molar-refractivity contribution in [2.24, 2.45) is 0 Å². The van der Waals surface area contributed by atoms with E-state index in [9.17, 15) is 0 Å². The number of thioether (sulfide) groups is 1. The van der Waals surface area contributed by atoms with Gasteiger partial charge in [-0.15, -0.1) is 0 Å². The standard InChI is InChI=1S/C16H22N2OS/c1-12(18-14-5-8-16(11-14)20-2)13-3-6-15(7-4-13)19-10-9-17/h3-4,6-7,12,14,16,18H,5,8,10-11H2,1-2H3. The summed E-state index contributed by atoms with van der Waals surface area (Å²) in [7, 11) is 0. The summed E-state index contributed by atoms with van der Waals surface area (Å²) < 4.78 is 5.27. The molecule has 0 bridgehead atoms. The van der Waals surface area contributed by atoms with Crippen molar-refractivity contribution in [3.05, 3.63) is 29.8 Å². The van der Waals surface area contributed by atoms with Crippen molar-refractivity contribution in [3.8, 4) is 11.8 Å². The van der Waals surface area contributed by atoms with Crippen LogP contribution in [0.5, 0.6) is 5.75 Å². The second kappa shape index (κ2) is 7.56. The largest absolute Gasteiger partial charge is 0.479 e. The third kappa shape index (κ3) is 4.16. The third-order valence-electron chi connectivity index (χ3n) is 3.89. The van der Waals surface area contributed by atoms with Crippen molar-refractivity contribution < 1.29 is 4.74 Å². The first kappa shape index (κ1) is 15.2. The predicted molar refractivity (Wildman–Crippen MR) is 84.0 cm³/mol. The first-order valence-corrected chi connectivity index (χ1v) is 8.40. The molecule has 1 N–H and O–H groups in total. The van der Waals surface area contributed by atoms with Crippen LogP contribution in [0.15, 0.2) is 24.3 Å². The van der Waals surface area contributed by atoms with E-state index in [4.69, 9.17) is 10.00 Å². The molecule has 0 radical (unpaired) electrons. The number of rotatable bonds is 6. The molecule has 3 nitrogen and oxygen atoms in total. The summed E-state index contributed by atoms with van der Waals surface area (Å²) in [4.78, 5) is 0. The molecular formula is C16H22N2OS. The molecule has 1 aliphatic rings.